The van der Waals surface area contributed by atoms with Gasteiger partial charge in [0.25, 0.3) is 0 Å². The van der Waals surface area contributed by atoms with E-state index in [4.69, 9.17) is 16.3 Å². The summed E-state index contributed by atoms with van der Waals surface area (Å²) in [7, 11) is -6.98. The van der Waals surface area contributed by atoms with Crippen LogP contribution in [0.25, 0.3) is 0 Å². The van der Waals surface area contributed by atoms with E-state index in [0.717, 1.165) is 19.6 Å². The predicted molar refractivity (Wildman–Crippen MR) is 104 cm³/mol. The number of benzene rings is 1. The van der Waals surface area contributed by atoms with E-state index in [1.807, 2.05) is 0 Å². The molecule has 3 rings (SSSR count). The zero-order valence-corrected chi connectivity index (χ0v) is 17.5. The molecule has 2 aliphatic heterocycles. The maximum absolute atomic E-state index is 13.2. The SMILES string of the molecule is O=S1(=O)CC[C@H](N(CCCN2CCOCC2)S(=O)(=O)c2ccc(Cl)cc2)C1. The van der Waals surface area contributed by atoms with Gasteiger partial charge >= 0.3 is 0 Å². The molecule has 2 aliphatic rings. The van der Waals surface area contributed by atoms with E-state index in [9.17, 15) is 16.8 Å². The molecular formula is C17H25ClN2O5S2. The van der Waals surface area contributed by atoms with Gasteiger partial charge in [-0.15, -0.1) is 0 Å². The molecule has 0 radical (unpaired) electrons. The molecule has 0 bridgehead atoms. The number of halogens is 1. The lowest BCUT2D eigenvalue weighted by Gasteiger charge is -2.30. The average molecular weight is 437 g/mol. The highest BCUT2D eigenvalue weighted by Crippen LogP contribution is 2.26. The number of nitrogens with zero attached hydrogens (tertiary/aromatic N) is 2. The van der Waals surface area contributed by atoms with Crippen LogP contribution < -0.4 is 0 Å². The van der Waals surface area contributed by atoms with Gasteiger partial charge in [0.1, 0.15) is 0 Å². The lowest BCUT2D eigenvalue weighted by atomic mass is 10.2. The van der Waals surface area contributed by atoms with Gasteiger partial charge in [-0.25, -0.2) is 16.8 Å². The molecule has 27 heavy (non-hydrogen) atoms. The molecule has 0 aliphatic carbocycles. The van der Waals surface area contributed by atoms with Gasteiger partial charge in [-0.3, -0.25) is 4.90 Å². The first-order valence-corrected chi connectivity index (χ1v) is 12.7. The minimum absolute atomic E-state index is 0.0355. The summed E-state index contributed by atoms with van der Waals surface area (Å²) in [6, 6.07) is 5.49. The van der Waals surface area contributed by atoms with Crippen molar-refractivity contribution in [2.75, 3.05) is 50.9 Å². The van der Waals surface area contributed by atoms with Crippen LogP contribution in [0.3, 0.4) is 0 Å². The number of hydrogen-bond acceptors (Lipinski definition) is 6. The fourth-order valence-corrected chi connectivity index (χ4v) is 7.16. The molecule has 2 heterocycles. The van der Waals surface area contributed by atoms with Crippen LogP contribution in [0.15, 0.2) is 29.2 Å². The summed E-state index contributed by atoms with van der Waals surface area (Å²) >= 11 is 5.87. The lowest BCUT2D eigenvalue weighted by Crippen LogP contribution is -2.43. The van der Waals surface area contributed by atoms with Crippen molar-refractivity contribution in [3.8, 4) is 0 Å². The largest absolute Gasteiger partial charge is 0.379 e. The van der Waals surface area contributed by atoms with Crippen molar-refractivity contribution in [1.29, 1.82) is 0 Å². The Balaban J connectivity index is 1.75. The summed E-state index contributed by atoms with van der Waals surface area (Å²) in [6.45, 7) is 4.10. The molecule has 1 atom stereocenters. The molecule has 0 spiro atoms. The summed E-state index contributed by atoms with van der Waals surface area (Å²) in [5.74, 6) is -0.0782. The van der Waals surface area contributed by atoms with Crippen LogP contribution in [-0.4, -0.2) is 83.0 Å². The van der Waals surface area contributed by atoms with Crippen LogP contribution in [-0.2, 0) is 24.6 Å². The van der Waals surface area contributed by atoms with E-state index in [2.05, 4.69) is 4.90 Å². The lowest BCUT2D eigenvalue weighted by molar-refractivity contribution is 0.0367. The first kappa shape index (κ1) is 21.0. The van der Waals surface area contributed by atoms with Crippen LogP contribution in [0, 0.1) is 0 Å². The molecule has 0 aromatic heterocycles. The van der Waals surface area contributed by atoms with Gasteiger partial charge < -0.3 is 4.74 Å². The maximum atomic E-state index is 13.2. The van der Waals surface area contributed by atoms with Crippen molar-refractivity contribution in [2.45, 2.75) is 23.8 Å². The molecule has 0 saturated carbocycles. The van der Waals surface area contributed by atoms with Crippen LogP contribution in [0.4, 0.5) is 0 Å². The molecule has 0 N–H and O–H groups in total. The van der Waals surface area contributed by atoms with E-state index in [-0.39, 0.29) is 16.4 Å². The van der Waals surface area contributed by atoms with Crippen LogP contribution in [0.1, 0.15) is 12.8 Å². The Bertz CT molecular complexity index is 837. The zero-order valence-electron chi connectivity index (χ0n) is 15.1. The zero-order chi connectivity index (χ0) is 19.5. The first-order valence-electron chi connectivity index (χ1n) is 9.06. The minimum atomic E-state index is -3.79. The molecule has 1 aromatic rings. The number of ether oxygens (including phenoxy) is 1. The second-order valence-electron chi connectivity index (χ2n) is 6.93. The Hall–Kier alpha value is -0.710. The van der Waals surface area contributed by atoms with Gasteiger partial charge in [0.05, 0.1) is 29.6 Å². The van der Waals surface area contributed by atoms with Gasteiger partial charge in [0, 0.05) is 30.7 Å². The standard InChI is InChI=1S/C17H25ClN2O5S2/c18-15-2-4-17(5-3-15)27(23,24)20(16-6-13-26(21,22)14-16)8-1-7-19-9-11-25-12-10-19/h2-5,16H,1,6-14H2/t16-/m0/s1. The number of rotatable bonds is 7. The third-order valence-electron chi connectivity index (χ3n) is 4.99. The molecule has 0 unspecified atom stereocenters. The number of morpholine rings is 1. The van der Waals surface area contributed by atoms with E-state index >= 15 is 0 Å². The Labute approximate surface area is 166 Å². The van der Waals surface area contributed by atoms with E-state index in [1.165, 1.54) is 28.6 Å². The maximum Gasteiger partial charge on any atom is 0.243 e. The van der Waals surface area contributed by atoms with Gasteiger partial charge in [0.2, 0.25) is 10.0 Å². The average Bonchev–Trinajstić information content (AvgIpc) is 2.99. The van der Waals surface area contributed by atoms with Gasteiger partial charge in [-0.2, -0.15) is 4.31 Å². The van der Waals surface area contributed by atoms with Crippen molar-refractivity contribution >= 4 is 31.5 Å². The summed E-state index contributed by atoms with van der Waals surface area (Å²) in [4.78, 5) is 2.38. The van der Waals surface area contributed by atoms with Crippen LogP contribution >= 0.6 is 11.6 Å². The number of sulfone groups is 1. The minimum Gasteiger partial charge on any atom is -0.379 e. The Morgan fingerprint density at radius 1 is 1.19 bits per heavy atom. The third kappa shape index (κ3) is 5.42. The van der Waals surface area contributed by atoms with Crippen molar-refractivity contribution in [3.05, 3.63) is 29.3 Å². The van der Waals surface area contributed by atoms with Crippen molar-refractivity contribution in [3.63, 3.8) is 0 Å². The molecule has 1 aromatic carbocycles. The number of hydrogen-bond donors (Lipinski definition) is 0. The molecular weight excluding hydrogens is 412 g/mol. The van der Waals surface area contributed by atoms with Crippen LogP contribution in [0.5, 0.6) is 0 Å². The smallest absolute Gasteiger partial charge is 0.243 e. The highest BCUT2D eigenvalue weighted by Gasteiger charge is 2.38. The Kier molecular flexibility index (Phi) is 6.81. The third-order valence-corrected chi connectivity index (χ3v) is 8.96. The van der Waals surface area contributed by atoms with Gasteiger partial charge in [-0.1, -0.05) is 11.6 Å². The monoisotopic (exact) mass is 436 g/mol. The molecule has 2 saturated heterocycles. The van der Waals surface area contributed by atoms with Gasteiger partial charge in [-0.05, 0) is 43.7 Å². The first-order chi connectivity index (χ1) is 12.8. The highest BCUT2D eigenvalue weighted by atomic mass is 35.5. The normalized spacial score (nSPS) is 23.7. The van der Waals surface area contributed by atoms with Crippen molar-refractivity contribution in [1.82, 2.24) is 9.21 Å². The van der Waals surface area contributed by atoms with Crippen molar-refractivity contribution < 1.29 is 21.6 Å². The van der Waals surface area contributed by atoms with E-state index < -0.39 is 25.9 Å². The summed E-state index contributed by atoms with van der Waals surface area (Å²) in [5.41, 5.74) is 0. The predicted octanol–water partition coefficient (Wildman–Crippen LogP) is 1.24. The fourth-order valence-electron chi connectivity index (χ4n) is 3.52. The molecule has 2 fully saturated rings. The highest BCUT2D eigenvalue weighted by molar-refractivity contribution is 7.92. The van der Waals surface area contributed by atoms with Crippen molar-refractivity contribution in [2.24, 2.45) is 0 Å². The summed E-state index contributed by atoms with van der Waals surface area (Å²) < 4.78 is 56.9. The molecule has 0 amide bonds. The van der Waals surface area contributed by atoms with E-state index in [0.29, 0.717) is 37.6 Å². The van der Waals surface area contributed by atoms with Gasteiger partial charge in [0.15, 0.2) is 9.84 Å². The Morgan fingerprint density at radius 3 is 2.44 bits per heavy atom. The molecule has 10 heteroatoms. The molecule has 152 valence electrons. The quantitative estimate of drug-likeness (QED) is 0.639. The fraction of sp³-hybridized carbons (Fsp3) is 0.647. The second-order valence-corrected chi connectivity index (χ2v) is 11.5. The summed E-state index contributed by atoms with van der Waals surface area (Å²) in [6.07, 6.45) is 0.982. The second kappa shape index (κ2) is 8.75. The molecule has 7 nitrogen and oxygen atoms in total. The topological polar surface area (TPSA) is 84.0 Å². The Morgan fingerprint density at radius 2 is 1.85 bits per heavy atom. The van der Waals surface area contributed by atoms with E-state index in [1.54, 1.807) is 0 Å². The number of sulfonamides is 1. The summed E-state index contributed by atoms with van der Waals surface area (Å²) in [5, 5.41) is 0.455. The van der Waals surface area contributed by atoms with Crippen LogP contribution in [0.2, 0.25) is 5.02 Å².